The predicted molar refractivity (Wildman–Crippen MR) is 98.6 cm³/mol. The molecule has 2 N–H and O–H groups in total. The molecule has 27 heavy (non-hydrogen) atoms. The molecular weight excluding hydrogens is 347 g/mol. The minimum atomic E-state index is -0.308. The van der Waals surface area contributed by atoms with Crippen LogP contribution in [0.4, 0.5) is 4.39 Å². The molecular formula is C20H21FN4O2. The molecule has 2 atom stereocenters. The number of benzene rings is 1. The Morgan fingerprint density at radius 1 is 1.26 bits per heavy atom. The molecule has 3 aromatic rings. The highest BCUT2D eigenvalue weighted by Gasteiger charge is 2.29. The summed E-state index contributed by atoms with van der Waals surface area (Å²) in [6.07, 6.45) is 5.20. The maximum absolute atomic E-state index is 13.3. The highest BCUT2D eigenvalue weighted by molar-refractivity contribution is 5.77. The first-order valence-corrected chi connectivity index (χ1v) is 9.07. The number of aryl methyl sites for hydroxylation is 1. The molecule has 3 heterocycles. The minimum Gasteiger partial charge on any atom is -0.379 e. The first-order valence-electron chi connectivity index (χ1n) is 9.07. The van der Waals surface area contributed by atoms with Gasteiger partial charge < -0.3 is 15.0 Å². The number of amides is 1. The Labute approximate surface area is 156 Å². The van der Waals surface area contributed by atoms with Crippen molar-refractivity contribution in [2.24, 2.45) is 5.92 Å². The van der Waals surface area contributed by atoms with Gasteiger partial charge in [-0.2, -0.15) is 0 Å². The Balaban J connectivity index is 1.31. The molecule has 6 nitrogen and oxygen atoms in total. The zero-order valence-electron chi connectivity index (χ0n) is 14.8. The van der Waals surface area contributed by atoms with Gasteiger partial charge in [-0.05, 0) is 42.3 Å². The van der Waals surface area contributed by atoms with Gasteiger partial charge in [0.05, 0.1) is 30.3 Å². The molecule has 1 aliphatic heterocycles. The molecule has 1 amide bonds. The smallest absolute Gasteiger partial charge is 0.220 e. The molecule has 0 radical (unpaired) electrons. The standard InChI is InChI=1S/C20H21FN4O2/c21-15-1-2-16-17(10-15)24-19(23-16)3-4-20(26)25-18-12-27-11-14(18)9-13-5-7-22-8-6-13/h1-2,5-8,10,14,18H,3-4,9,11-12H2,(H,23,24)(H,25,26)/t14-,18+/m1/s1. The molecule has 1 fully saturated rings. The Morgan fingerprint density at radius 3 is 2.96 bits per heavy atom. The largest absolute Gasteiger partial charge is 0.379 e. The van der Waals surface area contributed by atoms with Gasteiger partial charge in [-0.3, -0.25) is 9.78 Å². The van der Waals surface area contributed by atoms with Crippen LogP contribution in [0.5, 0.6) is 0 Å². The van der Waals surface area contributed by atoms with Crippen LogP contribution >= 0.6 is 0 Å². The Bertz CT molecular complexity index is 928. The second-order valence-electron chi connectivity index (χ2n) is 6.88. The van der Waals surface area contributed by atoms with E-state index in [0.29, 0.717) is 42.9 Å². The van der Waals surface area contributed by atoms with E-state index in [9.17, 15) is 9.18 Å². The average Bonchev–Trinajstić information content (AvgIpc) is 3.27. The number of imidazole rings is 1. The van der Waals surface area contributed by atoms with Crippen LogP contribution in [-0.4, -0.2) is 40.1 Å². The van der Waals surface area contributed by atoms with Crippen LogP contribution in [0.1, 0.15) is 17.8 Å². The van der Waals surface area contributed by atoms with Crippen LogP contribution < -0.4 is 5.32 Å². The molecule has 2 aromatic heterocycles. The number of rotatable bonds is 6. The van der Waals surface area contributed by atoms with E-state index in [1.54, 1.807) is 18.5 Å². The molecule has 0 bridgehead atoms. The first-order chi connectivity index (χ1) is 13.2. The summed E-state index contributed by atoms with van der Waals surface area (Å²) >= 11 is 0. The Hall–Kier alpha value is -2.80. The number of hydrogen-bond donors (Lipinski definition) is 2. The van der Waals surface area contributed by atoms with E-state index in [-0.39, 0.29) is 23.7 Å². The van der Waals surface area contributed by atoms with E-state index >= 15 is 0 Å². The van der Waals surface area contributed by atoms with Gasteiger partial charge in [-0.25, -0.2) is 9.37 Å². The molecule has 4 rings (SSSR count). The number of nitrogens with zero attached hydrogens (tertiary/aromatic N) is 2. The van der Waals surface area contributed by atoms with E-state index in [1.165, 1.54) is 17.7 Å². The highest BCUT2D eigenvalue weighted by atomic mass is 19.1. The zero-order valence-corrected chi connectivity index (χ0v) is 14.8. The van der Waals surface area contributed by atoms with E-state index in [4.69, 9.17) is 4.74 Å². The number of carbonyl (C=O) groups excluding carboxylic acids is 1. The van der Waals surface area contributed by atoms with Crippen molar-refractivity contribution in [3.63, 3.8) is 0 Å². The quantitative estimate of drug-likeness (QED) is 0.700. The summed E-state index contributed by atoms with van der Waals surface area (Å²) in [7, 11) is 0. The summed E-state index contributed by atoms with van der Waals surface area (Å²) in [5, 5.41) is 3.08. The van der Waals surface area contributed by atoms with Crippen molar-refractivity contribution in [3.05, 3.63) is 59.9 Å². The zero-order chi connectivity index (χ0) is 18.6. The van der Waals surface area contributed by atoms with E-state index in [0.717, 1.165) is 6.42 Å². The third-order valence-electron chi connectivity index (χ3n) is 4.87. The molecule has 1 aromatic carbocycles. The van der Waals surface area contributed by atoms with Crippen LogP contribution in [0.3, 0.4) is 0 Å². The van der Waals surface area contributed by atoms with Crippen molar-refractivity contribution < 1.29 is 13.9 Å². The number of aromatic amines is 1. The lowest BCUT2D eigenvalue weighted by molar-refractivity contribution is -0.122. The van der Waals surface area contributed by atoms with Gasteiger partial charge in [0.2, 0.25) is 5.91 Å². The number of nitrogens with one attached hydrogen (secondary N) is 2. The molecule has 1 saturated heterocycles. The topological polar surface area (TPSA) is 79.9 Å². The lowest BCUT2D eigenvalue weighted by Gasteiger charge is -2.19. The fourth-order valence-electron chi connectivity index (χ4n) is 3.44. The maximum atomic E-state index is 13.3. The van der Waals surface area contributed by atoms with E-state index < -0.39 is 0 Å². The van der Waals surface area contributed by atoms with Crippen LogP contribution in [0.25, 0.3) is 11.0 Å². The summed E-state index contributed by atoms with van der Waals surface area (Å²) in [4.78, 5) is 23.9. The number of hydrogen-bond acceptors (Lipinski definition) is 4. The van der Waals surface area contributed by atoms with Gasteiger partial charge in [-0.15, -0.1) is 0 Å². The normalized spacial score (nSPS) is 19.4. The number of H-pyrrole nitrogens is 1. The molecule has 0 spiro atoms. The molecule has 0 unspecified atom stereocenters. The molecule has 0 saturated carbocycles. The number of carbonyl (C=O) groups is 1. The van der Waals surface area contributed by atoms with Gasteiger partial charge in [-0.1, -0.05) is 0 Å². The Morgan fingerprint density at radius 2 is 2.11 bits per heavy atom. The van der Waals surface area contributed by atoms with Gasteiger partial charge in [0.1, 0.15) is 11.6 Å². The maximum Gasteiger partial charge on any atom is 0.220 e. The van der Waals surface area contributed by atoms with Gasteiger partial charge in [0.15, 0.2) is 0 Å². The van der Waals surface area contributed by atoms with Crippen molar-refractivity contribution in [1.82, 2.24) is 20.3 Å². The van der Waals surface area contributed by atoms with Crippen LogP contribution in [0.15, 0.2) is 42.7 Å². The lowest BCUT2D eigenvalue weighted by Crippen LogP contribution is -2.40. The van der Waals surface area contributed by atoms with Crippen molar-refractivity contribution in [1.29, 1.82) is 0 Å². The van der Waals surface area contributed by atoms with E-state index in [2.05, 4.69) is 20.3 Å². The fourth-order valence-corrected chi connectivity index (χ4v) is 3.44. The number of ether oxygens (including phenoxy) is 1. The summed E-state index contributed by atoms with van der Waals surface area (Å²) < 4.78 is 18.8. The average molecular weight is 368 g/mol. The second kappa shape index (κ2) is 7.84. The third-order valence-corrected chi connectivity index (χ3v) is 4.87. The van der Waals surface area contributed by atoms with Crippen molar-refractivity contribution in [3.8, 4) is 0 Å². The first kappa shape index (κ1) is 17.6. The number of aromatic nitrogens is 3. The van der Waals surface area contributed by atoms with Crippen LogP contribution in [0, 0.1) is 11.7 Å². The monoisotopic (exact) mass is 368 g/mol. The Kier molecular flexibility index (Phi) is 5.11. The molecule has 0 aliphatic carbocycles. The fraction of sp³-hybridized carbons (Fsp3) is 0.350. The summed E-state index contributed by atoms with van der Waals surface area (Å²) in [6, 6.07) is 8.40. The van der Waals surface area contributed by atoms with Gasteiger partial charge in [0.25, 0.3) is 0 Å². The second-order valence-corrected chi connectivity index (χ2v) is 6.88. The number of pyridine rings is 1. The number of halogens is 1. The van der Waals surface area contributed by atoms with Gasteiger partial charge in [0, 0.05) is 31.2 Å². The SMILES string of the molecule is O=C(CCc1nc2ccc(F)cc2[nH]1)N[C@H]1COC[C@H]1Cc1ccncc1. The highest BCUT2D eigenvalue weighted by Crippen LogP contribution is 2.19. The van der Waals surface area contributed by atoms with Gasteiger partial charge >= 0.3 is 0 Å². The summed E-state index contributed by atoms with van der Waals surface area (Å²) in [5.41, 5.74) is 2.54. The molecule has 1 aliphatic rings. The third kappa shape index (κ3) is 4.31. The van der Waals surface area contributed by atoms with Crippen LogP contribution in [-0.2, 0) is 22.4 Å². The molecule has 140 valence electrons. The van der Waals surface area contributed by atoms with Crippen molar-refractivity contribution in [2.45, 2.75) is 25.3 Å². The molecule has 7 heteroatoms. The lowest BCUT2D eigenvalue weighted by atomic mass is 9.95. The van der Waals surface area contributed by atoms with Crippen molar-refractivity contribution in [2.75, 3.05) is 13.2 Å². The number of fused-ring (bicyclic) bond motifs is 1. The summed E-state index contributed by atoms with van der Waals surface area (Å²) in [6.45, 7) is 1.17. The van der Waals surface area contributed by atoms with E-state index in [1.807, 2.05) is 12.1 Å². The predicted octanol–water partition coefficient (Wildman–Crippen LogP) is 2.40. The minimum absolute atomic E-state index is 0.00966. The van der Waals surface area contributed by atoms with Crippen LogP contribution in [0.2, 0.25) is 0 Å². The van der Waals surface area contributed by atoms with Crippen molar-refractivity contribution >= 4 is 16.9 Å². The summed E-state index contributed by atoms with van der Waals surface area (Å²) in [5.74, 6) is 0.598.